The quantitative estimate of drug-likeness (QED) is 0.639. The highest BCUT2D eigenvalue weighted by Gasteiger charge is 2.24. The summed E-state index contributed by atoms with van der Waals surface area (Å²) in [4.78, 5) is 17.5. The molecule has 1 fully saturated rings. The van der Waals surface area contributed by atoms with Gasteiger partial charge in [0.25, 0.3) is 0 Å². The van der Waals surface area contributed by atoms with Crippen LogP contribution in [0.5, 0.6) is 0 Å². The Bertz CT molecular complexity index is 1240. The van der Waals surface area contributed by atoms with Gasteiger partial charge < -0.3 is 19.5 Å². The Kier molecular flexibility index (Phi) is 5.48. The smallest absolute Gasteiger partial charge is 0.343 e. The molecule has 0 saturated carbocycles. The van der Waals surface area contributed by atoms with E-state index in [9.17, 15) is 4.79 Å². The van der Waals surface area contributed by atoms with Gasteiger partial charge in [0.2, 0.25) is 0 Å². The minimum absolute atomic E-state index is 0.177. The number of nitrogens with zero attached hydrogens (tertiary/aromatic N) is 2. The largest absolute Gasteiger partial charge is 0.422 e. The van der Waals surface area contributed by atoms with Gasteiger partial charge in [-0.1, -0.05) is 24.6 Å². The van der Waals surface area contributed by atoms with Crippen molar-refractivity contribution in [2.24, 2.45) is 5.92 Å². The van der Waals surface area contributed by atoms with Crippen LogP contribution in [0.1, 0.15) is 32.8 Å². The summed E-state index contributed by atoms with van der Waals surface area (Å²) in [6, 6.07) is 8.95. The first-order valence-electron chi connectivity index (χ1n) is 11.2. The molecule has 0 aliphatic carbocycles. The maximum atomic E-state index is 13.1. The van der Waals surface area contributed by atoms with Crippen molar-refractivity contribution in [3.8, 4) is 0 Å². The van der Waals surface area contributed by atoms with E-state index < -0.39 is 0 Å². The topological polar surface area (TPSA) is 48.7 Å². The summed E-state index contributed by atoms with van der Waals surface area (Å²) in [5.41, 5.74) is 4.03. The summed E-state index contributed by atoms with van der Waals surface area (Å²) in [7, 11) is 0. The van der Waals surface area contributed by atoms with Crippen LogP contribution < -0.4 is 15.8 Å². The molecule has 1 aromatic heterocycles. The Morgan fingerprint density at radius 1 is 1.12 bits per heavy atom. The standard InChI is InChI=1S/C26H28ClN3O2/c1-16-4-7-21-9-6-20(27)14-29(21)15-24(16)23-10-19-5-8-22(11-25(19)32-26(23)31)30-13-17(2)28-12-18(30)3/h5-11,14-18,28H,4,12-13H2,1-3H3. The fourth-order valence-electron chi connectivity index (χ4n) is 4.68. The van der Waals surface area contributed by atoms with E-state index in [0.717, 1.165) is 41.9 Å². The zero-order valence-corrected chi connectivity index (χ0v) is 19.4. The highest BCUT2D eigenvalue weighted by molar-refractivity contribution is 6.31. The van der Waals surface area contributed by atoms with Crippen molar-refractivity contribution in [1.82, 2.24) is 10.2 Å². The molecule has 5 nitrogen and oxygen atoms in total. The molecule has 0 bridgehead atoms. The Hall–Kier alpha value is -2.76. The van der Waals surface area contributed by atoms with Crippen LogP contribution in [0.4, 0.5) is 5.69 Å². The normalized spacial score (nSPS) is 25.8. The lowest BCUT2D eigenvalue weighted by Gasteiger charge is -2.39. The number of hydrogen-bond acceptors (Lipinski definition) is 5. The maximum absolute atomic E-state index is 13.1. The molecule has 5 rings (SSSR count). The van der Waals surface area contributed by atoms with Gasteiger partial charge in [-0.3, -0.25) is 0 Å². The lowest BCUT2D eigenvalue weighted by Crippen LogP contribution is -2.54. The Morgan fingerprint density at radius 2 is 1.97 bits per heavy atom. The lowest BCUT2D eigenvalue weighted by atomic mass is 9.93. The minimum Gasteiger partial charge on any atom is -0.422 e. The van der Waals surface area contributed by atoms with Gasteiger partial charge in [0, 0.05) is 60.4 Å². The van der Waals surface area contributed by atoms with Crippen molar-refractivity contribution in [3.05, 3.63) is 81.6 Å². The van der Waals surface area contributed by atoms with Crippen LogP contribution in [0.25, 0.3) is 16.5 Å². The maximum Gasteiger partial charge on any atom is 0.343 e. The van der Waals surface area contributed by atoms with Crippen LogP contribution in [0, 0.1) is 5.92 Å². The molecule has 1 N–H and O–H groups in total. The molecule has 1 saturated heterocycles. The van der Waals surface area contributed by atoms with Gasteiger partial charge in [-0.15, -0.1) is 0 Å². The summed E-state index contributed by atoms with van der Waals surface area (Å²) >= 11 is 6.22. The number of piperazine rings is 1. The molecule has 2 aromatic rings. The first-order chi connectivity index (χ1) is 15.4. The van der Waals surface area contributed by atoms with E-state index in [4.69, 9.17) is 16.0 Å². The number of rotatable bonds is 2. The molecule has 0 spiro atoms. The zero-order valence-electron chi connectivity index (χ0n) is 18.6. The van der Waals surface area contributed by atoms with E-state index in [1.807, 2.05) is 41.6 Å². The van der Waals surface area contributed by atoms with E-state index >= 15 is 0 Å². The predicted molar refractivity (Wildman–Crippen MR) is 132 cm³/mol. The number of fused-ring (bicyclic) bond motifs is 2. The first kappa shape index (κ1) is 21.1. The second-order valence-electron chi connectivity index (χ2n) is 9.09. The summed E-state index contributed by atoms with van der Waals surface area (Å²) in [6.07, 6.45) is 10.8. The van der Waals surface area contributed by atoms with Gasteiger partial charge in [0.05, 0.1) is 10.6 Å². The van der Waals surface area contributed by atoms with Crippen LogP contribution in [-0.2, 0) is 0 Å². The second kappa shape index (κ2) is 8.30. The van der Waals surface area contributed by atoms with Crippen LogP contribution in [0.3, 0.4) is 0 Å². The van der Waals surface area contributed by atoms with Crippen molar-refractivity contribution < 1.29 is 4.42 Å². The molecular weight excluding hydrogens is 422 g/mol. The molecular formula is C26H28ClN3O2. The summed E-state index contributed by atoms with van der Waals surface area (Å²) in [6.45, 7) is 8.40. The van der Waals surface area contributed by atoms with Crippen molar-refractivity contribution in [2.45, 2.75) is 39.3 Å². The molecule has 3 aliphatic rings. The molecule has 6 heteroatoms. The van der Waals surface area contributed by atoms with E-state index in [2.05, 4.69) is 49.2 Å². The van der Waals surface area contributed by atoms with E-state index in [1.165, 1.54) is 0 Å². The third-order valence-electron chi connectivity index (χ3n) is 6.59. The Morgan fingerprint density at radius 3 is 2.81 bits per heavy atom. The molecule has 3 aliphatic heterocycles. The van der Waals surface area contributed by atoms with Crippen molar-refractivity contribution in [3.63, 3.8) is 0 Å². The number of halogens is 1. The molecule has 0 radical (unpaired) electrons. The molecule has 32 heavy (non-hydrogen) atoms. The highest BCUT2D eigenvalue weighted by Crippen LogP contribution is 2.34. The molecule has 166 valence electrons. The monoisotopic (exact) mass is 449 g/mol. The zero-order chi connectivity index (χ0) is 22.4. The van der Waals surface area contributed by atoms with Crippen molar-refractivity contribution in [1.29, 1.82) is 0 Å². The number of nitrogens with one attached hydrogen (secondary N) is 1. The lowest BCUT2D eigenvalue weighted by molar-refractivity contribution is 0.425. The van der Waals surface area contributed by atoms with Gasteiger partial charge in [-0.05, 0) is 62.1 Å². The molecule has 3 unspecified atom stereocenters. The average Bonchev–Trinajstić information content (AvgIpc) is 2.93. The average molecular weight is 450 g/mol. The molecule has 1 aromatic carbocycles. The van der Waals surface area contributed by atoms with Gasteiger partial charge in [0.15, 0.2) is 0 Å². The van der Waals surface area contributed by atoms with Gasteiger partial charge >= 0.3 is 5.63 Å². The summed E-state index contributed by atoms with van der Waals surface area (Å²) in [5.74, 6) is 0.177. The number of hydrogen-bond donors (Lipinski definition) is 1. The third-order valence-corrected chi connectivity index (χ3v) is 6.81. The summed E-state index contributed by atoms with van der Waals surface area (Å²) in [5, 5.41) is 5.09. The summed E-state index contributed by atoms with van der Waals surface area (Å²) < 4.78 is 5.86. The highest BCUT2D eigenvalue weighted by atomic mass is 35.5. The van der Waals surface area contributed by atoms with Gasteiger partial charge in [0.1, 0.15) is 5.58 Å². The number of benzene rings is 1. The second-order valence-corrected chi connectivity index (χ2v) is 9.52. The number of allylic oxidation sites excluding steroid dienone is 5. The molecule has 0 amide bonds. The SMILES string of the molecule is CC1CN(c2ccc3cc(C4=CN5C=C(Cl)C=CC5=CCC4C)c(=O)oc3c2)C(C)CN1. The number of anilines is 1. The van der Waals surface area contributed by atoms with E-state index in [1.54, 1.807) is 0 Å². The first-order valence-corrected chi connectivity index (χ1v) is 11.6. The molecule has 3 atom stereocenters. The van der Waals surface area contributed by atoms with Crippen LogP contribution in [0.15, 0.2) is 74.8 Å². The Balaban J connectivity index is 1.54. The van der Waals surface area contributed by atoms with Gasteiger partial charge in [-0.25, -0.2) is 4.79 Å². The third kappa shape index (κ3) is 3.91. The van der Waals surface area contributed by atoms with Crippen LogP contribution in [0.2, 0.25) is 0 Å². The van der Waals surface area contributed by atoms with Crippen LogP contribution in [-0.4, -0.2) is 30.1 Å². The Labute approximate surface area is 193 Å². The van der Waals surface area contributed by atoms with Gasteiger partial charge in [-0.2, -0.15) is 0 Å². The van der Waals surface area contributed by atoms with Crippen molar-refractivity contribution >= 4 is 33.8 Å². The van der Waals surface area contributed by atoms with Crippen LogP contribution >= 0.6 is 11.6 Å². The molecule has 4 heterocycles. The van der Waals surface area contributed by atoms with E-state index in [-0.39, 0.29) is 11.5 Å². The van der Waals surface area contributed by atoms with Crippen molar-refractivity contribution in [2.75, 3.05) is 18.0 Å². The van der Waals surface area contributed by atoms with E-state index in [0.29, 0.717) is 28.3 Å². The predicted octanol–water partition coefficient (Wildman–Crippen LogP) is 5.20. The fraction of sp³-hybridized carbons (Fsp3) is 0.346. The fourth-order valence-corrected chi connectivity index (χ4v) is 4.85. The minimum atomic E-state index is -0.305.